The Kier molecular flexibility index (Phi) is 5.64. The molecule has 88 valence electrons. The fourth-order valence-corrected chi connectivity index (χ4v) is 1.33. The van der Waals surface area contributed by atoms with Crippen LogP contribution in [0.1, 0.15) is 25.5 Å². The average Bonchev–Trinajstić information content (AvgIpc) is 2.30. The molecule has 0 atom stereocenters. The first kappa shape index (κ1) is 12.8. The minimum Gasteiger partial charge on any atom is -0.449 e. The van der Waals surface area contributed by atoms with Gasteiger partial charge in [-0.15, -0.1) is 11.6 Å². The van der Waals surface area contributed by atoms with E-state index in [-0.39, 0.29) is 5.88 Å². The number of pyridine rings is 1. The molecule has 0 aromatic carbocycles. The van der Waals surface area contributed by atoms with Crippen LogP contribution in [-0.2, 0) is 10.6 Å². The summed E-state index contributed by atoms with van der Waals surface area (Å²) in [6.07, 6.45) is 3.02. The summed E-state index contributed by atoms with van der Waals surface area (Å²) in [6.45, 7) is 2.47. The lowest BCUT2D eigenvalue weighted by Crippen LogP contribution is -2.15. The first-order valence-electron chi connectivity index (χ1n) is 5.21. The Bertz CT molecular complexity index is 345. The summed E-state index contributed by atoms with van der Waals surface area (Å²) >= 11 is 5.69. The molecule has 1 aromatic heterocycles. The van der Waals surface area contributed by atoms with Crippen molar-refractivity contribution in [1.82, 2.24) is 4.98 Å². The highest BCUT2D eigenvalue weighted by molar-refractivity contribution is 6.17. The number of nitrogens with one attached hydrogen (secondary N) is 1. The van der Waals surface area contributed by atoms with E-state index in [0.29, 0.717) is 18.0 Å². The maximum atomic E-state index is 11.4. The van der Waals surface area contributed by atoms with Crippen LogP contribution in [0.15, 0.2) is 18.3 Å². The van der Waals surface area contributed by atoms with E-state index in [1.807, 2.05) is 6.92 Å². The molecule has 0 saturated carbocycles. The van der Waals surface area contributed by atoms with Gasteiger partial charge in [0.25, 0.3) is 0 Å². The molecule has 1 N–H and O–H groups in total. The van der Waals surface area contributed by atoms with Crippen LogP contribution in [0.3, 0.4) is 0 Å². The van der Waals surface area contributed by atoms with Crippen LogP contribution >= 0.6 is 11.6 Å². The Balaban J connectivity index is 2.49. The zero-order valence-corrected chi connectivity index (χ0v) is 9.96. The van der Waals surface area contributed by atoms with Crippen molar-refractivity contribution in [3.8, 4) is 0 Å². The van der Waals surface area contributed by atoms with Gasteiger partial charge in [-0.05, 0) is 18.6 Å². The van der Waals surface area contributed by atoms with Gasteiger partial charge in [0.2, 0.25) is 0 Å². The lowest BCUT2D eigenvalue weighted by Gasteiger charge is -2.08. The third-order valence-corrected chi connectivity index (χ3v) is 2.24. The number of alkyl halides is 1. The number of hydrogen-bond donors (Lipinski definition) is 1. The van der Waals surface area contributed by atoms with Crippen molar-refractivity contribution in [3.63, 3.8) is 0 Å². The molecule has 0 radical (unpaired) electrons. The van der Waals surface area contributed by atoms with E-state index in [2.05, 4.69) is 10.3 Å². The van der Waals surface area contributed by atoms with E-state index >= 15 is 0 Å². The van der Waals surface area contributed by atoms with Gasteiger partial charge >= 0.3 is 6.09 Å². The van der Waals surface area contributed by atoms with Crippen LogP contribution in [0.4, 0.5) is 10.5 Å². The summed E-state index contributed by atoms with van der Waals surface area (Å²) in [6, 6.07) is 3.48. The molecule has 0 spiro atoms. The molecule has 0 aliphatic carbocycles. The second-order valence-corrected chi connectivity index (χ2v) is 3.51. The molecule has 0 bridgehead atoms. The third-order valence-electron chi connectivity index (χ3n) is 1.98. The number of unbranched alkanes of at least 4 members (excludes halogenated alkanes) is 1. The average molecular weight is 243 g/mol. The molecule has 1 amide bonds. The van der Waals surface area contributed by atoms with Crippen molar-refractivity contribution in [2.24, 2.45) is 0 Å². The van der Waals surface area contributed by atoms with Gasteiger partial charge < -0.3 is 4.74 Å². The first-order chi connectivity index (χ1) is 7.77. The summed E-state index contributed by atoms with van der Waals surface area (Å²) in [4.78, 5) is 15.4. The summed E-state index contributed by atoms with van der Waals surface area (Å²) in [5.41, 5.74) is 1.23. The van der Waals surface area contributed by atoms with Crippen molar-refractivity contribution in [3.05, 3.63) is 24.0 Å². The summed E-state index contributed by atoms with van der Waals surface area (Å²) in [7, 11) is 0. The molecule has 4 nitrogen and oxygen atoms in total. The summed E-state index contributed by atoms with van der Waals surface area (Å²) in [5, 5.41) is 2.61. The number of aromatic nitrogens is 1. The zero-order valence-electron chi connectivity index (χ0n) is 9.20. The van der Waals surface area contributed by atoms with Gasteiger partial charge in [0, 0.05) is 6.20 Å². The van der Waals surface area contributed by atoms with E-state index in [0.717, 1.165) is 12.8 Å². The van der Waals surface area contributed by atoms with Gasteiger partial charge in [0.05, 0.1) is 23.9 Å². The van der Waals surface area contributed by atoms with Gasteiger partial charge in [0.1, 0.15) is 0 Å². The van der Waals surface area contributed by atoms with E-state index in [9.17, 15) is 4.79 Å². The van der Waals surface area contributed by atoms with Crippen LogP contribution in [-0.4, -0.2) is 17.7 Å². The second kappa shape index (κ2) is 7.06. The standard InChI is InChI=1S/C11H15ClN2O2/c1-2-3-7-16-11(15)14-9-5-4-6-13-10(9)8-12/h4-6H,2-3,7-8H2,1H3,(H,14,15). The SMILES string of the molecule is CCCCOC(=O)Nc1cccnc1CCl. The van der Waals surface area contributed by atoms with Gasteiger partial charge in [-0.2, -0.15) is 0 Å². The molecule has 0 unspecified atom stereocenters. The maximum absolute atomic E-state index is 11.4. The van der Waals surface area contributed by atoms with Crippen LogP contribution in [0.25, 0.3) is 0 Å². The predicted octanol–water partition coefficient (Wildman–Crippen LogP) is 3.17. The van der Waals surface area contributed by atoms with E-state index < -0.39 is 6.09 Å². The van der Waals surface area contributed by atoms with Crippen molar-refractivity contribution >= 4 is 23.4 Å². The van der Waals surface area contributed by atoms with Crippen LogP contribution in [0, 0.1) is 0 Å². The molecule has 5 heteroatoms. The molecule has 1 aromatic rings. The number of halogens is 1. The Morgan fingerprint density at radius 2 is 2.44 bits per heavy atom. The highest BCUT2D eigenvalue weighted by Gasteiger charge is 2.06. The molecular formula is C11H15ClN2O2. The number of ether oxygens (including phenoxy) is 1. The van der Waals surface area contributed by atoms with Crippen molar-refractivity contribution in [2.45, 2.75) is 25.6 Å². The third kappa shape index (κ3) is 4.06. The van der Waals surface area contributed by atoms with E-state index in [4.69, 9.17) is 16.3 Å². The largest absolute Gasteiger partial charge is 0.449 e. The van der Waals surface area contributed by atoms with Gasteiger partial charge in [0.15, 0.2) is 0 Å². The van der Waals surface area contributed by atoms with Gasteiger partial charge in [-0.3, -0.25) is 10.3 Å². The number of rotatable bonds is 5. The number of anilines is 1. The number of amides is 1. The Morgan fingerprint density at radius 1 is 1.62 bits per heavy atom. The zero-order chi connectivity index (χ0) is 11.8. The maximum Gasteiger partial charge on any atom is 0.411 e. The van der Waals surface area contributed by atoms with Gasteiger partial charge in [-0.25, -0.2) is 4.79 Å². The second-order valence-electron chi connectivity index (χ2n) is 3.25. The molecule has 0 fully saturated rings. The first-order valence-corrected chi connectivity index (χ1v) is 5.75. The molecule has 16 heavy (non-hydrogen) atoms. The van der Waals surface area contributed by atoms with Crippen LogP contribution in [0.5, 0.6) is 0 Å². The molecule has 0 saturated heterocycles. The Labute approximate surface area is 100.0 Å². The Morgan fingerprint density at radius 3 is 3.12 bits per heavy atom. The molecule has 1 heterocycles. The highest BCUT2D eigenvalue weighted by Crippen LogP contribution is 2.14. The van der Waals surface area contributed by atoms with Crippen LogP contribution < -0.4 is 5.32 Å². The number of carbonyl (C=O) groups excluding carboxylic acids is 1. The molecule has 0 aliphatic heterocycles. The Hall–Kier alpha value is -1.29. The quantitative estimate of drug-likeness (QED) is 0.637. The lowest BCUT2D eigenvalue weighted by molar-refractivity contribution is 0.160. The molecular weight excluding hydrogens is 228 g/mol. The molecule has 1 rings (SSSR count). The summed E-state index contributed by atoms with van der Waals surface area (Å²) < 4.78 is 4.96. The summed E-state index contributed by atoms with van der Waals surface area (Å²) in [5.74, 6) is 0.255. The van der Waals surface area contributed by atoms with Crippen molar-refractivity contribution in [1.29, 1.82) is 0 Å². The fraction of sp³-hybridized carbons (Fsp3) is 0.455. The van der Waals surface area contributed by atoms with Crippen LogP contribution in [0.2, 0.25) is 0 Å². The van der Waals surface area contributed by atoms with Gasteiger partial charge in [-0.1, -0.05) is 13.3 Å². The minimum absolute atomic E-state index is 0.255. The topological polar surface area (TPSA) is 51.2 Å². The predicted molar refractivity (Wildman–Crippen MR) is 63.7 cm³/mol. The van der Waals surface area contributed by atoms with E-state index in [1.54, 1.807) is 18.3 Å². The fourth-order valence-electron chi connectivity index (χ4n) is 1.11. The minimum atomic E-state index is -0.465. The molecule has 0 aliphatic rings. The number of carbonyl (C=O) groups is 1. The van der Waals surface area contributed by atoms with Crippen molar-refractivity contribution in [2.75, 3.05) is 11.9 Å². The monoisotopic (exact) mass is 242 g/mol. The van der Waals surface area contributed by atoms with E-state index in [1.165, 1.54) is 0 Å². The van der Waals surface area contributed by atoms with Crippen molar-refractivity contribution < 1.29 is 9.53 Å². The lowest BCUT2D eigenvalue weighted by atomic mass is 10.3. The normalized spacial score (nSPS) is 9.88. The smallest absolute Gasteiger partial charge is 0.411 e. The number of nitrogens with zero attached hydrogens (tertiary/aromatic N) is 1. The number of hydrogen-bond acceptors (Lipinski definition) is 3. The highest BCUT2D eigenvalue weighted by atomic mass is 35.5.